The van der Waals surface area contributed by atoms with Crippen LogP contribution in [-0.2, 0) is 11.2 Å². The van der Waals surface area contributed by atoms with E-state index in [2.05, 4.69) is 25.7 Å². The predicted molar refractivity (Wildman–Crippen MR) is 105 cm³/mol. The summed E-state index contributed by atoms with van der Waals surface area (Å²) in [7, 11) is 0. The number of hydrogen-bond donors (Lipinski definition) is 3. The number of fused-ring (bicyclic) bond motifs is 1. The van der Waals surface area contributed by atoms with Gasteiger partial charge in [-0.2, -0.15) is 0 Å². The van der Waals surface area contributed by atoms with Gasteiger partial charge in [-0.05, 0) is 25.3 Å². The van der Waals surface area contributed by atoms with Crippen molar-refractivity contribution in [1.82, 2.24) is 10.3 Å². The highest BCUT2D eigenvalue weighted by atomic mass is 35.5. The number of carbonyl (C=O) groups excluding carboxylic acids is 3. The smallest absolute Gasteiger partial charge is 0.414 e. The summed E-state index contributed by atoms with van der Waals surface area (Å²) in [5, 5.41) is 10.1. The third kappa shape index (κ3) is 4.40. The van der Waals surface area contributed by atoms with Crippen LogP contribution >= 0.6 is 34.3 Å². The number of nitrogens with one attached hydrogen (secondary N) is 3. The van der Waals surface area contributed by atoms with Crippen LogP contribution in [-0.4, -0.2) is 40.9 Å². The Morgan fingerprint density at radius 1 is 1.41 bits per heavy atom. The molecule has 2 unspecified atom stereocenters. The first kappa shape index (κ1) is 19.6. The lowest BCUT2D eigenvalue weighted by Gasteiger charge is -2.24. The molecule has 2 aromatic rings. The van der Waals surface area contributed by atoms with Gasteiger partial charge < -0.3 is 15.4 Å². The Hall–Kier alpha value is -2.17. The van der Waals surface area contributed by atoms with Gasteiger partial charge in [-0.3, -0.25) is 14.9 Å². The van der Waals surface area contributed by atoms with Gasteiger partial charge in [0.2, 0.25) is 0 Å². The molecule has 3 heterocycles. The second kappa shape index (κ2) is 8.24. The Kier molecular flexibility index (Phi) is 5.98. The molecule has 3 N–H and O–H groups in total. The van der Waals surface area contributed by atoms with Crippen LogP contribution in [0.15, 0.2) is 11.4 Å². The maximum atomic E-state index is 12.6. The normalized spacial score (nSPS) is 18.2. The quantitative estimate of drug-likeness (QED) is 0.644. The number of amides is 3. The zero-order chi connectivity index (χ0) is 19.6. The molecule has 1 aliphatic heterocycles. The van der Waals surface area contributed by atoms with Crippen molar-refractivity contribution < 1.29 is 19.1 Å². The Labute approximate surface area is 168 Å². The molecular formula is C16H17ClN4O4S2. The van der Waals surface area contributed by atoms with Crippen LogP contribution in [0, 0.1) is 0 Å². The third-order valence-electron chi connectivity index (χ3n) is 3.81. The fraction of sp³-hybridized carbons (Fsp3) is 0.375. The van der Waals surface area contributed by atoms with Gasteiger partial charge in [-0.15, -0.1) is 34.3 Å². The monoisotopic (exact) mass is 428 g/mol. The number of carbonyl (C=O) groups is 3. The van der Waals surface area contributed by atoms with Gasteiger partial charge in [-0.1, -0.05) is 0 Å². The minimum atomic E-state index is -0.839. The molecule has 0 aliphatic carbocycles. The van der Waals surface area contributed by atoms with Crippen LogP contribution in [0.2, 0.25) is 0 Å². The number of rotatable bonds is 4. The molecular weight excluding hydrogens is 412 g/mol. The van der Waals surface area contributed by atoms with Gasteiger partial charge in [0.25, 0.3) is 11.8 Å². The number of aromatic nitrogens is 1. The second-order valence-corrected chi connectivity index (χ2v) is 8.30. The van der Waals surface area contributed by atoms with E-state index in [9.17, 15) is 14.4 Å². The van der Waals surface area contributed by atoms with E-state index in [1.54, 1.807) is 12.3 Å². The molecule has 0 aromatic carbocycles. The molecule has 0 saturated heterocycles. The third-order valence-corrected chi connectivity index (χ3v) is 6.25. The highest BCUT2D eigenvalue weighted by Gasteiger charge is 2.28. The lowest BCUT2D eigenvalue weighted by molar-refractivity contribution is 0.0926. The topological polar surface area (TPSA) is 109 Å². The molecule has 3 amide bonds. The van der Waals surface area contributed by atoms with Gasteiger partial charge in [0.05, 0.1) is 22.4 Å². The number of hydrogen-bond acceptors (Lipinski definition) is 8. The van der Waals surface area contributed by atoms with Crippen LogP contribution in [0.3, 0.4) is 0 Å². The zero-order valence-corrected chi connectivity index (χ0v) is 16.9. The van der Waals surface area contributed by atoms with Crippen molar-refractivity contribution in [2.45, 2.75) is 31.7 Å². The van der Waals surface area contributed by atoms with Crippen molar-refractivity contribution in [3.05, 3.63) is 26.9 Å². The van der Waals surface area contributed by atoms with E-state index in [4.69, 9.17) is 11.6 Å². The summed E-state index contributed by atoms with van der Waals surface area (Å²) in [6.45, 7) is 3.74. The standard InChI is InChI=1S/C16H17ClN4O4S2/c1-3-25-16(24)21-12(22)8-4-5-26-14(8)20-13(23)15-19-11-10(27-15)6-9(17)7(2)18-11/h4-5,7,9,18H,3,6H2,1-2H3,(H,20,23)(H,21,22,24). The fourth-order valence-electron chi connectivity index (χ4n) is 2.43. The number of anilines is 2. The molecule has 0 spiro atoms. The molecule has 11 heteroatoms. The number of alkyl carbamates (subject to hydrolysis) is 1. The Morgan fingerprint density at radius 3 is 2.93 bits per heavy atom. The van der Waals surface area contributed by atoms with Crippen LogP contribution in [0.1, 0.15) is 38.9 Å². The molecule has 0 saturated carbocycles. The zero-order valence-electron chi connectivity index (χ0n) is 14.5. The molecule has 8 nitrogen and oxygen atoms in total. The fourth-order valence-corrected chi connectivity index (χ4v) is 4.50. The van der Waals surface area contributed by atoms with Crippen molar-refractivity contribution in [2.24, 2.45) is 0 Å². The highest BCUT2D eigenvalue weighted by Crippen LogP contribution is 2.33. The molecule has 3 rings (SSSR count). The van der Waals surface area contributed by atoms with Crippen LogP contribution in [0.5, 0.6) is 0 Å². The number of nitrogens with zero attached hydrogens (tertiary/aromatic N) is 1. The van der Waals surface area contributed by atoms with E-state index in [0.717, 1.165) is 4.88 Å². The summed E-state index contributed by atoms with van der Waals surface area (Å²) in [4.78, 5) is 41.4. The number of thiophene rings is 1. The first-order valence-electron chi connectivity index (χ1n) is 8.16. The number of ether oxygens (including phenoxy) is 1. The van der Waals surface area contributed by atoms with E-state index in [-0.39, 0.29) is 28.6 Å². The summed E-state index contributed by atoms with van der Waals surface area (Å²) in [6, 6.07) is 1.58. The number of halogens is 1. The maximum Gasteiger partial charge on any atom is 0.414 e. The minimum absolute atomic E-state index is 0.0626. The molecule has 27 heavy (non-hydrogen) atoms. The van der Waals surface area contributed by atoms with Gasteiger partial charge >= 0.3 is 6.09 Å². The van der Waals surface area contributed by atoms with Crippen molar-refractivity contribution in [3.63, 3.8) is 0 Å². The molecule has 2 atom stereocenters. The minimum Gasteiger partial charge on any atom is -0.450 e. The highest BCUT2D eigenvalue weighted by molar-refractivity contribution is 7.15. The summed E-state index contributed by atoms with van der Waals surface area (Å²) in [5.41, 5.74) is 0.176. The lowest BCUT2D eigenvalue weighted by atomic mass is 10.1. The molecule has 144 valence electrons. The average molecular weight is 429 g/mol. The first-order chi connectivity index (χ1) is 12.9. The van der Waals surface area contributed by atoms with Gasteiger partial charge in [0, 0.05) is 12.5 Å². The molecule has 1 aliphatic rings. The van der Waals surface area contributed by atoms with Gasteiger partial charge in [0.1, 0.15) is 10.8 Å². The Bertz CT molecular complexity index is 854. The van der Waals surface area contributed by atoms with Crippen LogP contribution < -0.4 is 16.0 Å². The van der Waals surface area contributed by atoms with Crippen molar-refractivity contribution in [1.29, 1.82) is 0 Å². The maximum absolute atomic E-state index is 12.6. The Morgan fingerprint density at radius 2 is 2.19 bits per heavy atom. The molecule has 0 fully saturated rings. The van der Waals surface area contributed by atoms with Crippen molar-refractivity contribution in [3.8, 4) is 0 Å². The number of thiazole rings is 1. The van der Waals surface area contributed by atoms with E-state index in [1.807, 2.05) is 6.92 Å². The molecule has 0 bridgehead atoms. The Balaban J connectivity index is 1.71. The average Bonchev–Trinajstić information content (AvgIpc) is 3.22. The molecule has 2 aromatic heterocycles. The summed E-state index contributed by atoms with van der Waals surface area (Å²) in [6.07, 6.45) is -0.197. The predicted octanol–water partition coefficient (Wildman–Crippen LogP) is 3.31. The summed E-state index contributed by atoms with van der Waals surface area (Å²) in [5.74, 6) is -0.410. The SMILES string of the molecule is CCOC(=O)NC(=O)c1ccsc1NC(=O)c1nc2c(s1)CC(Cl)C(C)N2. The first-order valence-corrected chi connectivity index (χ1v) is 10.3. The van der Waals surface area contributed by atoms with E-state index in [0.29, 0.717) is 17.2 Å². The number of alkyl halides is 1. The summed E-state index contributed by atoms with van der Waals surface area (Å²) < 4.78 is 4.68. The lowest BCUT2D eigenvalue weighted by Crippen LogP contribution is -2.32. The number of imide groups is 1. The van der Waals surface area contributed by atoms with Gasteiger partial charge in [0.15, 0.2) is 5.01 Å². The van der Waals surface area contributed by atoms with E-state index < -0.39 is 17.9 Å². The largest absolute Gasteiger partial charge is 0.450 e. The van der Waals surface area contributed by atoms with Crippen LogP contribution in [0.25, 0.3) is 0 Å². The second-order valence-electron chi connectivity index (χ2n) is 5.74. The van der Waals surface area contributed by atoms with Crippen LogP contribution in [0.4, 0.5) is 15.6 Å². The molecule has 0 radical (unpaired) electrons. The van der Waals surface area contributed by atoms with E-state index in [1.165, 1.54) is 28.7 Å². The summed E-state index contributed by atoms with van der Waals surface area (Å²) >= 11 is 8.69. The van der Waals surface area contributed by atoms with Gasteiger partial charge in [-0.25, -0.2) is 9.78 Å². The van der Waals surface area contributed by atoms with Crippen molar-refractivity contribution in [2.75, 3.05) is 17.2 Å². The van der Waals surface area contributed by atoms with Crippen molar-refractivity contribution >= 4 is 63.0 Å². The van der Waals surface area contributed by atoms with E-state index >= 15 is 0 Å².